The quantitative estimate of drug-likeness (QED) is 0.842. The molecule has 1 N–H and O–H groups in total. The van der Waals surface area contributed by atoms with Crippen molar-refractivity contribution >= 4 is 34.8 Å². The largest absolute Gasteiger partial charge is 0.325 e. The van der Waals surface area contributed by atoms with E-state index in [1.165, 1.54) is 0 Å². The molecule has 0 aromatic heterocycles. The van der Waals surface area contributed by atoms with E-state index in [1.807, 2.05) is 20.8 Å². The third-order valence-corrected chi connectivity index (χ3v) is 2.75. The minimum atomic E-state index is -0.0823. The predicted molar refractivity (Wildman–Crippen MR) is 64.7 cm³/mol. The van der Waals surface area contributed by atoms with E-state index < -0.39 is 0 Å². The van der Waals surface area contributed by atoms with Crippen molar-refractivity contribution in [2.75, 3.05) is 5.32 Å². The van der Waals surface area contributed by atoms with Crippen LogP contribution in [0.1, 0.15) is 19.4 Å². The van der Waals surface area contributed by atoms with Crippen molar-refractivity contribution in [2.45, 2.75) is 20.8 Å². The third kappa shape index (κ3) is 3.11. The molecule has 82 valence electrons. The summed E-state index contributed by atoms with van der Waals surface area (Å²) in [6, 6.07) is 3.40. The SMILES string of the molecule is Cc1cc(Cl)c(NC(=O)C(C)C)cc1Cl. The number of amides is 1. The Kier molecular flexibility index (Phi) is 4.00. The van der Waals surface area contributed by atoms with Crippen LogP contribution in [0.5, 0.6) is 0 Å². The summed E-state index contributed by atoms with van der Waals surface area (Å²) in [7, 11) is 0. The van der Waals surface area contributed by atoms with Gasteiger partial charge in [0.05, 0.1) is 10.7 Å². The number of anilines is 1. The molecule has 1 rings (SSSR count). The fraction of sp³-hybridized carbons (Fsp3) is 0.364. The van der Waals surface area contributed by atoms with E-state index in [0.29, 0.717) is 15.7 Å². The summed E-state index contributed by atoms with van der Waals surface area (Å²) in [5.41, 5.74) is 1.45. The number of rotatable bonds is 2. The van der Waals surface area contributed by atoms with E-state index in [1.54, 1.807) is 12.1 Å². The van der Waals surface area contributed by atoms with Crippen LogP contribution in [0.2, 0.25) is 10.0 Å². The standard InChI is InChI=1S/C11H13Cl2NO/c1-6(2)11(15)14-10-5-8(12)7(3)4-9(10)13/h4-6H,1-3H3,(H,14,15). The zero-order valence-corrected chi connectivity index (χ0v) is 10.4. The molecule has 0 fully saturated rings. The van der Waals surface area contributed by atoms with Crippen molar-refractivity contribution in [3.63, 3.8) is 0 Å². The second kappa shape index (κ2) is 4.86. The van der Waals surface area contributed by atoms with Crippen molar-refractivity contribution in [1.29, 1.82) is 0 Å². The number of hydrogen-bond acceptors (Lipinski definition) is 1. The molecule has 0 unspecified atom stereocenters. The molecule has 0 radical (unpaired) electrons. The molecule has 1 amide bonds. The van der Waals surface area contributed by atoms with Gasteiger partial charge in [-0.1, -0.05) is 37.0 Å². The van der Waals surface area contributed by atoms with Crippen LogP contribution in [0.25, 0.3) is 0 Å². The maximum atomic E-state index is 11.4. The topological polar surface area (TPSA) is 29.1 Å². The Hall–Kier alpha value is -0.730. The Balaban J connectivity index is 2.96. The first-order chi connectivity index (χ1) is 6.91. The molecule has 15 heavy (non-hydrogen) atoms. The number of carbonyl (C=O) groups excluding carboxylic acids is 1. The molecule has 0 spiro atoms. The van der Waals surface area contributed by atoms with Crippen molar-refractivity contribution < 1.29 is 4.79 Å². The van der Waals surface area contributed by atoms with Crippen LogP contribution in [0, 0.1) is 12.8 Å². The molecule has 1 aromatic carbocycles. The fourth-order valence-corrected chi connectivity index (χ4v) is 1.45. The summed E-state index contributed by atoms with van der Waals surface area (Å²) < 4.78 is 0. The zero-order chi connectivity index (χ0) is 11.6. The van der Waals surface area contributed by atoms with Gasteiger partial charge in [-0.3, -0.25) is 4.79 Å². The Morgan fingerprint density at radius 2 is 1.87 bits per heavy atom. The molecule has 0 aliphatic rings. The summed E-state index contributed by atoms with van der Waals surface area (Å²) in [5.74, 6) is -0.155. The van der Waals surface area contributed by atoms with E-state index in [2.05, 4.69) is 5.32 Å². The van der Waals surface area contributed by atoms with Gasteiger partial charge in [-0.15, -0.1) is 0 Å². The average molecular weight is 246 g/mol. The number of aryl methyl sites for hydroxylation is 1. The molecule has 0 bridgehead atoms. The summed E-state index contributed by atoms with van der Waals surface area (Å²) in [5, 5.41) is 3.82. The fourth-order valence-electron chi connectivity index (χ4n) is 1.02. The lowest BCUT2D eigenvalue weighted by atomic mass is 10.2. The molecule has 0 saturated carbocycles. The summed E-state index contributed by atoms with van der Waals surface area (Å²) >= 11 is 11.9. The van der Waals surface area contributed by atoms with Crippen molar-refractivity contribution in [2.24, 2.45) is 5.92 Å². The average Bonchev–Trinajstić information content (AvgIpc) is 2.13. The van der Waals surface area contributed by atoms with Gasteiger partial charge in [-0.25, -0.2) is 0 Å². The van der Waals surface area contributed by atoms with Gasteiger partial charge in [0.1, 0.15) is 0 Å². The summed E-state index contributed by atoms with van der Waals surface area (Å²) in [4.78, 5) is 11.4. The molecule has 0 aliphatic heterocycles. The molecular formula is C11H13Cl2NO. The monoisotopic (exact) mass is 245 g/mol. The molecular weight excluding hydrogens is 233 g/mol. The first-order valence-electron chi connectivity index (χ1n) is 4.68. The highest BCUT2D eigenvalue weighted by atomic mass is 35.5. The summed E-state index contributed by atoms with van der Waals surface area (Å²) in [6.45, 7) is 5.50. The van der Waals surface area contributed by atoms with E-state index in [4.69, 9.17) is 23.2 Å². The predicted octanol–water partition coefficient (Wildman–Crippen LogP) is 3.90. The number of hydrogen-bond donors (Lipinski definition) is 1. The maximum Gasteiger partial charge on any atom is 0.226 e. The highest BCUT2D eigenvalue weighted by molar-refractivity contribution is 6.36. The van der Waals surface area contributed by atoms with Crippen LogP contribution in [-0.2, 0) is 4.79 Å². The first kappa shape index (κ1) is 12.3. The van der Waals surface area contributed by atoms with Gasteiger partial charge < -0.3 is 5.32 Å². The van der Waals surface area contributed by atoms with Gasteiger partial charge in [-0.2, -0.15) is 0 Å². The Morgan fingerprint density at radius 3 is 2.40 bits per heavy atom. The van der Waals surface area contributed by atoms with Gasteiger partial charge in [0.2, 0.25) is 5.91 Å². The zero-order valence-electron chi connectivity index (χ0n) is 8.90. The molecule has 0 aliphatic carbocycles. The second-order valence-corrected chi connectivity index (χ2v) is 4.54. The lowest BCUT2D eigenvalue weighted by Crippen LogP contribution is -2.17. The number of nitrogens with one attached hydrogen (secondary N) is 1. The first-order valence-corrected chi connectivity index (χ1v) is 5.44. The summed E-state index contributed by atoms with van der Waals surface area (Å²) in [6.07, 6.45) is 0. The van der Waals surface area contributed by atoms with Gasteiger partial charge in [-0.05, 0) is 24.6 Å². The van der Waals surface area contributed by atoms with Gasteiger partial charge in [0.15, 0.2) is 0 Å². The number of halogens is 2. The molecule has 0 saturated heterocycles. The second-order valence-electron chi connectivity index (χ2n) is 3.73. The van der Waals surface area contributed by atoms with Crippen molar-refractivity contribution in [3.05, 3.63) is 27.7 Å². The van der Waals surface area contributed by atoms with Crippen molar-refractivity contribution in [3.8, 4) is 0 Å². The van der Waals surface area contributed by atoms with Crippen molar-refractivity contribution in [1.82, 2.24) is 0 Å². The highest BCUT2D eigenvalue weighted by Crippen LogP contribution is 2.28. The third-order valence-electron chi connectivity index (χ3n) is 2.03. The van der Waals surface area contributed by atoms with Crippen LogP contribution in [0.3, 0.4) is 0 Å². The molecule has 1 aromatic rings. The Bertz CT molecular complexity index is 388. The van der Waals surface area contributed by atoms with Gasteiger partial charge in [0, 0.05) is 10.9 Å². The van der Waals surface area contributed by atoms with E-state index >= 15 is 0 Å². The van der Waals surface area contributed by atoms with Crippen LogP contribution >= 0.6 is 23.2 Å². The maximum absolute atomic E-state index is 11.4. The van der Waals surface area contributed by atoms with Crippen LogP contribution < -0.4 is 5.32 Å². The van der Waals surface area contributed by atoms with Crippen LogP contribution in [-0.4, -0.2) is 5.91 Å². The number of carbonyl (C=O) groups is 1. The lowest BCUT2D eigenvalue weighted by molar-refractivity contribution is -0.118. The normalized spacial score (nSPS) is 10.5. The molecule has 2 nitrogen and oxygen atoms in total. The smallest absolute Gasteiger partial charge is 0.226 e. The lowest BCUT2D eigenvalue weighted by Gasteiger charge is -2.10. The minimum Gasteiger partial charge on any atom is -0.325 e. The van der Waals surface area contributed by atoms with E-state index in [-0.39, 0.29) is 11.8 Å². The Labute approximate surface area is 99.6 Å². The minimum absolute atomic E-state index is 0.0724. The van der Waals surface area contributed by atoms with Gasteiger partial charge in [0.25, 0.3) is 0 Å². The Morgan fingerprint density at radius 1 is 1.27 bits per heavy atom. The number of benzene rings is 1. The molecule has 4 heteroatoms. The highest BCUT2D eigenvalue weighted by Gasteiger charge is 2.10. The van der Waals surface area contributed by atoms with Crippen LogP contribution in [0.4, 0.5) is 5.69 Å². The molecule has 0 atom stereocenters. The van der Waals surface area contributed by atoms with Gasteiger partial charge >= 0.3 is 0 Å². The molecule has 0 heterocycles. The van der Waals surface area contributed by atoms with Crippen LogP contribution in [0.15, 0.2) is 12.1 Å². The van der Waals surface area contributed by atoms with E-state index in [9.17, 15) is 4.79 Å². The van der Waals surface area contributed by atoms with E-state index in [0.717, 1.165) is 5.56 Å².